The van der Waals surface area contributed by atoms with E-state index in [1.54, 1.807) is 5.41 Å². The number of hydrogen-bond acceptors (Lipinski definition) is 2. The molecule has 0 aromatic rings. The molecule has 0 heterocycles. The monoisotopic (exact) mass is 174 g/mol. The van der Waals surface area contributed by atoms with Crippen LogP contribution in [-0.2, 0) is 0 Å². The zero-order valence-electron chi connectivity index (χ0n) is 6.03. The van der Waals surface area contributed by atoms with E-state index < -0.39 is 0 Å². The molecule has 0 aromatic heterocycles. The maximum absolute atomic E-state index is 4.11. The first-order chi connectivity index (χ1) is 4.91. The molecule has 0 N–H and O–H groups in total. The summed E-state index contributed by atoms with van der Waals surface area (Å²) in [6.45, 7) is 0. The first-order valence-electron chi connectivity index (χ1n) is 3.48. The second kappa shape index (κ2) is 9.18. The lowest BCUT2D eigenvalue weighted by molar-refractivity contribution is 0.825. The van der Waals surface area contributed by atoms with Gasteiger partial charge in [0.05, 0.1) is 0 Å². The van der Waals surface area contributed by atoms with Crippen molar-refractivity contribution in [3.8, 4) is 0 Å². The summed E-state index contributed by atoms with van der Waals surface area (Å²) in [7, 11) is 0. The van der Waals surface area contributed by atoms with Gasteiger partial charge < -0.3 is 0 Å². The van der Waals surface area contributed by atoms with Gasteiger partial charge in [-0.2, -0.15) is 25.3 Å². The summed E-state index contributed by atoms with van der Waals surface area (Å²) >= 11 is 8.03. The number of hydrogen-bond donors (Lipinski definition) is 2. The first-order valence-corrected chi connectivity index (χ1v) is 4.63. The van der Waals surface area contributed by atoms with E-state index in [4.69, 9.17) is 0 Å². The highest BCUT2D eigenvalue weighted by Gasteiger charge is 1.79. The molecule has 2 heteroatoms. The van der Waals surface area contributed by atoms with Crippen LogP contribution in [0.25, 0.3) is 0 Å². The van der Waals surface area contributed by atoms with Crippen LogP contribution in [0, 0.1) is 0 Å². The molecule has 0 atom stereocenters. The molecule has 0 nitrogen and oxygen atoms in total. The third kappa shape index (κ3) is 8.18. The van der Waals surface area contributed by atoms with E-state index in [-0.39, 0.29) is 0 Å². The van der Waals surface area contributed by atoms with Crippen molar-refractivity contribution in [3.63, 3.8) is 0 Å². The van der Waals surface area contributed by atoms with Crippen molar-refractivity contribution in [2.75, 3.05) is 5.75 Å². The van der Waals surface area contributed by atoms with Gasteiger partial charge in [-0.1, -0.05) is 18.2 Å². The van der Waals surface area contributed by atoms with Gasteiger partial charge in [0.2, 0.25) is 0 Å². The smallest absolute Gasteiger partial charge is 0.00978 e. The van der Waals surface area contributed by atoms with Gasteiger partial charge in [-0.05, 0) is 30.4 Å². The molecule has 0 aliphatic rings. The lowest BCUT2D eigenvalue weighted by atomic mass is 10.2. The molecule has 0 aliphatic carbocycles. The Labute approximate surface area is 74.2 Å². The Morgan fingerprint density at radius 1 is 1.10 bits per heavy atom. The van der Waals surface area contributed by atoms with Crippen molar-refractivity contribution in [1.82, 2.24) is 0 Å². The zero-order valence-corrected chi connectivity index (χ0v) is 7.82. The molecule has 0 aliphatic heterocycles. The number of rotatable bonds is 5. The zero-order chi connectivity index (χ0) is 7.66. The molecule has 0 fully saturated rings. The van der Waals surface area contributed by atoms with Crippen molar-refractivity contribution in [2.24, 2.45) is 0 Å². The Bertz CT molecular complexity index is 106. The van der Waals surface area contributed by atoms with E-state index in [0.29, 0.717) is 0 Å². The Balaban J connectivity index is 3.02. The Hall–Kier alpha value is 0.180. The van der Waals surface area contributed by atoms with Gasteiger partial charge >= 0.3 is 0 Å². The second-order valence-corrected chi connectivity index (χ2v) is 2.73. The Morgan fingerprint density at radius 2 is 1.90 bits per heavy atom. The maximum Gasteiger partial charge on any atom is -0.00978 e. The molecular weight excluding hydrogens is 160 g/mol. The Kier molecular flexibility index (Phi) is 9.35. The molecular formula is C8H14S2. The van der Waals surface area contributed by atoms with Gasteiger partial charge in [0.1, 0.15) is 0 Å². The molecule has 0 rings (SSSR count). The summed E-state index contributed by atoms with van der Waals surface area (Å²) in [5.41, 5.74) is 0. The van der Waals surface area contributed by atoms with Crippen LogP contribution in [0.3, 0.4) is 0 Å². The van der Waals surface area contributed by atoms with E-state index in [0.717, 1.165) is 12.2 Å². The van der Waals surface area contributed by atoms with E-state index in [1.165, 1.54) is 12.8 Å². The fraction of sp³-hybridized carbons (Fsp3) is 0.500. The van der Waals surface area contributed by atoms with Gasteiger partial charge in [-0.3, -0.25) is 0 Å². The van der Waals surface area contributed by atoms with Crippen molar-refractivity contribution in [2.45, 2.75) is 19.3 Å². The van der Waals surface area contributed by atoms with Crippen LogP contribution in [-0.4, -0.2) is 5.75 Å². The molecule has 0 saturated heterocycles. The van der Waals surface area contributed by atoms with Crippen molar-refractivity contribution in [3.05, 3.63) is 23.6 Å². The second-order valence-electron chi connectivity index (χ2n) is 1.99. The van der Waals surface area contributed by atoms with E-state index >= 15 is 0 Å². The minimum Gasteiger partial charge on any atom is -0.179 e. The summed E-state index contributed by atoms with van der Waals surface area (Å²) in [4.78, 5) is 0. The van der Waals surface area contributed by atoms with E-state index in [2.05, 4.69) is 31.3 Å². The molecule has 0 spiro atoms. The van der Waals surface area contributed by atoms with Crippen LogP contribution in [0.15, 0.2) is 23.6 Å². The largest absolute Gasteiger partial charge is 0.179 e. The summed E-state index contributed by atoms with van der Waals surface area (Å²) in [6, 6.07) is 0. The van der Waals surface area contributed by atoms with Crippen LogP contribution in [0.5, 0.6) is 0 Å². The summed E-state index contributed by atoms with van der Waals surface area (Å²) < 4.78 is 0. The molecule has 0 aromatic carbocycles. The maximum atomic E-state index is 4.11. The van der Waals surface area contributed by atoms with Gasteiger partial charge in [-0.25, -0.2) is 0 Å². The van der Waals surface area contributed by atoms with Crippen LogP contribution in [0.2, 0.25) is 0 Å². The van der Waals surface area contributed by atoms with Crippen molar-refractivity contribution < 1.29 is 0 Å². The van der Waals surface area contributed by atoms with Crippen molar-refractivity contribution in [1.29, 1.82) is 0 Å². The van der Waals surface area contributed by atoms with Crippen LogP contribution in [0.1, 0.15) is 19.3 Å². The average molecular weight is 174 g/mol. The van der Waals surface area contributed by atoms with E-state index in [9.17, 15) is 0 Å². The predicted octanol–water partition coefficient (Wildman–Crippen LogP) is 3.09. The SMILES string of the molecule is SC=CC=CCCCCS. The molecule has 0 bridgehead atoms. The average Bonchev–Trinajstić information content (AvgIpc) is 1.97. The lowest BCUT2D eigenvalue weighted by Crippen LogP contribution is -1.73. The molecule has 0 unspecified atom stereocenters. The van der Waals surface area contributed by atoms with Crippen LogP contribution in [0.4, 0.5) is 0 Å². The molecule has 0 radical (unpaired) electrons. The summed E-state index contributed by atoms with van der Waals surface area (Å²) in [6.07, 6.45) is 9.68. The van der Waals surface area contributed by atoms with Crippen LogP contribution < -0.4 is 0 Å². The fourth-order valence-electron chi connectivity index (χ4n) is 0.598. The number of unbranched alkanes of at least 4 members (excludes halogenated alkanes) is 2. The topological polar surface area (TPSA) is 0 Å². The molecule has 10 heavy (non-hydrogen) atoms. The molecule has 0 saturated carbocycles. The fourth-order valence-corrected chi connectivity index (χ4v) is 0.921. The van der Waals surface area contributed by atoms with E-state index in [1.807, 2.05) is 12.2 Å². The van der Waals surface area contributed by atoms with Gasteiger partial charge in [0.15, 0.2) is 0 Å². The molecule has 58 valence electrons. The lowest BCUT2D eigenvalue weighted by Gasteiger charge is -1.88. The first kappa shape index (κ1) is 10.2. The number of thiol groups is 2. The normalized spacial score (nSPS) is 11.8. The number of allylic oxidation sites excluding steroid dienone is 3. The quantitative estimate of drug-likeness (QED) is 0.357. The highest BCUT2D eigenvalue weighted by molar-refractivity contribution is 7.83. The summed E-state index contributed by atoms with van der Waals surface area (Å²) in [5, 5.41) is 1.73. The standard InChI is InChI=1S/C8H14S2/c9-7-5-3-1-2-4-6-8-10/h1,3,5,7,9-10H,2,4,6,8H2. The third-order valence-corrected chi connectivity index (χ3v) is 1.60. The van der Waals surface area contributed by atoms with Gasteiger partial charge in [0.25, 0.3) is 0 Å². The van der Waals surface area contributed by atoms with Crippen LogP contribution >= 0.6 is 25.3 Å². The highest BCUT2D eigenvalue weighted by atomic mass is 32.1. The third-order valence-electron chi connectivity index (χ3n) is 1.11. The summed E-state index contributed by atoms with van der Waals surface area (Å²) in [5.74, 6) is 0.996. The predicted molar refractivity (Wildman–Crippen MR) is 55.0 cm³/mol. The van der Waals surface area contributed by atoms with Gasteiger partial charge in [-0.15, -0.1) is 0 Å². The minimum absolute atomic E-state index is 0.996. The Morgan fingerprint density at radius 3 is 2.50 bits per heavy atom. The van der Waals surface area contributed by atoms with Crippen molar-refractivity contribution >= 4 is 25.3 Å². The molecule has 0 amide bonds. The minimum atomic E-state index is 0.996. The van der Waals surface area contributed by atoms with Gasteiger partial charge in [0, 0.05) is 0 Å². The highest BCUT2D eigenvalue weighted by Crippen LogP contribution is 1.97.